The van der Waals surface area contributed by atoms with E-state index in [2.05, 4.69) is 0 Å². The molecule has 0 amide bonds. The van der Waals surface area contributed by atoms with Gasteiger partial charge < -0.3 is 9.47 Å². The van der Waals surface area contributed by atoms with Crippen molar-refractivity contribution < 1.29 is 36.6 Å². The molecule has 0 saturated carbocycles. The molecule has 3 aromatic rings. The molecule has 0 saturated heterocycles. The fourth-order valence-electron chi connectivity index (χ4n) is 3.08. The highest BCUT2D eigenvalue weighted by Gasteiger charge is 2.16. The molecular formula is C27H20F4O4. The van der Waals surface area contributed by atoms with Crippen molar-refractivity contribution in [2.24, 2.45) is 0 Å². The van der Waals surface area contributed by atoms with Gasteiger partial charge in [-0.15, -0.1) is 0 Å². The third-order valence-corrected chi connectivity index (χ3v) is 4.78. The lowest BCUT2D eigenvalue weighted by Crippen LogP contribution is -2.18. The molecule has 0 aromatic heterocycles. The zero-order valence-electron chi connectivity index (χ0n) is 18.8. The summed E-state index contributed by atoms with van der Waals surface area (Å²) in [6.45, 7) is 2.85. The highest BCUT2D eigenvalue weighted by molar-refractivity contribution is 5.93. The number of hydrogen-bond acceptors (Lipinski definition) is 4. The Hall–Kier alpha value is -4.20. The Morgan fingerprint density at radius 3 is 1.89 bits per heavy atom. The van der Waals surface area contributed by atoms with E-state index in [9.17, 15) is 27.2 Å². The van der Waals surface area contributed by atoms with Crippen molar-refractivity contribution in [3.63, 3.8) is 0 Å². The van der Waals surface area contributed by atoms with E-state index < -0.39 is 41.6 Å². The van der Waals surface area contributed by atoms with Gasteiger partial charge in [0.25, 0.3) is 0 Å². The van der Waals surface area contributed by atoms with Crippen LogP contribution in [-0.4, -0.2) is 11.9 Å². The van der Waals surface area contributed by atoms with Crippen LogP contribution < -0.4 is 9.47 Å². The van der Waals surface area contributed by atoms with Crippen LogP contribution in [0.2, 0.25) is 0 Å². The van der Waals surface area contributed by atoms with Crippen molar-refractivity contribution in [1.29, 1.82) is 0 Å². The van der Waals surface area contributed by atoms with Gasteiger partial charge in [-0.05, 0) is 67.5 Å². The van der Waals surface area contributed by atoms with Crippen molar-refractivity contribution >= 4 is 17.5 Å². The Morgan fingerprint density at radius 2 is 1.34 bits per heavy atom. The summed E-state index contributed by atoms with van der Waals surface area (Å²) in [5.41, 5.74) is 1.25. The first-order valence-corrected chi connectivity index (χ1v) is 10.4. The molecule has 3 aromatic carbocycles. The summed E-state index contributed by atoms with van der Waals surface area (Å²) < 4.78 is 64.6. The van der Waals surface area contributed by atoms with E-state index in [-0.39, 0.29) is 22.6 Å². The van der Waals surface area contributed by atoms with Crippen LogP contribution in [0.25, 0.3) is 16.7 Å². The van der Waals surface area contributed by atoms with E-state index in [0.29, 0.717) is 11.1 Å². The normalized spacial score (nSPS) is 11.8. The summed E-state index contributed by atoms with van der Waals surface area (Å²) in [5, 5.41) is 0. The third kappa shape index (κ3) is 7.14. The van der Waals surface area contributed by atoms with Crippen molar-refractivity contribution in [2.45, 2.75) is 20.3 Å². The Labute approximate surface area is 199 Å². The first-order chi connectivity index (χ1) is 16.6. The van der Waals surface area contributed by atoms with Crippen molar-refractivity contribution in [2.75, 3.05) is 0 Å². The summed E-state index contributed by atoms with van der Waals surface area (Å²) in [6, 6.07) is 12.5. The second-order valence-corrected chi connectivity index (χ2v) is 7.52. The van der Waals surface area contributed by atoms with Crippen LogP contribution in [0, 0.1) is 17.5 Å². The minimum Gasteiger partial charge on any atom is -0.426 e. The minimum atomic E-state index is -1.01. The Kier molecular flexibility index (Phi) is 8.20. The molecule has 0 fully saturated rings. The molecule has 0 aliphatic carbocycles. The van der Waals surface area contributed by atoms with Crippen molar-refractivity contribution in [3.8, 4) is 22.6 Å². The number of carbonyl (C=O) groups excluding carboxylic acids is 2. The van der Waals surface area contributed by atoms with Crippen LogP contribution in [0.5, 0.6) is 11.5 Å². The molecule has 35 heavy (non-hydrogen) atoms. The molecule has 0 aliphatic heterocycles. The molecule has 0 bridgehead atoms. The molecule has 0 aliphatic rings. The maximum absolute atomic E-state index is 14.4. The monoisotopic (exact) mass is 484 g/mol. The van der Waals surface area contributed by atoms with Gasteiger partial charge >= 0.3 is 11.9 Å². The molecule has 0 atom stereocenters. The number of benzene rings is 3. The predicted octanol–water partition coefficient (Wildman–Crippen LogP) is 6.95. The van der Waals surface area contributed by atoms with Crippen LogP contribution in [-0.2, 0) is 9.59 Å². The van der Waals surface area contributed by atoms with E-state index in [0.717, 1.165) is 12.1 Å². The standard InChI is InChI=1S/C27H20F4O4/c1-16(3-4-17(2)28)22-11-9-20(13-24(22)30)34-26(32)15-27(33)35-21-10-12-23(25(31)14-21)18-5-7-19(29)8-6-18/h3-14H,15H2,1-2H3. The number of esters is 2. The molecule has 8 heteroatoms. The molecular weight excluding hydrogens is 464 g/mol. The van der Waals surface area contributed by atoms with Crippen LogP contribution in [0.3, 0.4) is 0 Å². The number of allylic oxidation sites excluding steroid dienone is 4. The second-order valence-electron chi connectivity index (χ2n) is 7.52. The fourth-order valence-corrected chi connectivity index (χ4v) is 3.08. The van der Waals surface area contributed by atoms with E-state index in [1.807, 2.05) is 0 Å². The number of ether oxygens (including phenoxy) is 2. The van der Waals surface area contributed by atoms with Gasteiger partial charge in [-0.1, -0.05) is 18.2 Å². The lowest BCUT2D eigenvalue weighted by molar-refractivity contribution is -0.144. The van der Waals surface area contributed by atoms with Crippen molar-refractivity contribution in [1.82, 2.24) is 0 Å². The van der Waals surface area contributed by atoms with Crippen molar-refractivity contribution in [3.05, 3.63) is 102 Å². The van der Waals surface area contributed by atoms with Gasteiger partial charge in [-0.25, -0.2) is 17.6 Å². The zero-order chi connectivity index (χ0) is 25.5. The molecule has 0 heterocycles. The smallest absolute Gasteiger partial charge is 0.322 e. The highest BCUT2D eigenvalue weighted by atomic mass is 19.1. The molecule has 0 N–H and O–H groups in total. The topological polar surface area (TPSA) is 52.6 Å². The average Bonchev–Trinajstić information content (AvgIpc) is 2.78. The maximum Gasteiger partial charge on any atom is 0.322 e. The van der Waals surface area contributed by atoms with Crippen LogP contribution in [0.4, 0.5) is 17.6 Å². The van der Waals surface area contributed by atoms with E-state index >= 15 is 0 Å². The molecule has 4 nitrogen and oxygen atoms in total. The van der Waals surface area contributed by atoms with Gasteiger partial charge in [-0.3, -0.25) is 9.59 Å². The Morgan fingerprint density at radius 1 is 0.771 bits per heavy atom. The number of hydrogen-bond donors (Lipinski definition) is 0. The lowest BCUT2D eigenvalue weighted by Gasteiger charge is -2.09. The summed E-state index contributed by atoms with van der Waals surface area (Å²) in [7, 11) is 0. The summed E-state index contributed by atoms with van der Waals surface area (Å²) in [6.07, 6.45) is 1.80. The summed E-state index contributed by atoms with van der Waals surface area (Å²) in [4.78, 5) is 24.1. The predicted molar refractivity (Wildman–Crippen MR) is 123 cm³/mol. The Balaban J connectivity index is 1.60. The first-order valence-electron chi connectivity index (χ1n) is 10.4. The number of carbonyl (C=O) groups is 2. The van der Waals surface area contributed by atoms with E-state index in [1.54, 1.807) is 6.92 Å². The van der Waals surface area contributed by atoms with Gasteiger partial charge in [0.1, 0.15) is 35.4 Å². The van der Waals surface area contributed by atoms with Gasteiger partial charge in [0.2, 0.25) is 0 Å². The van der Waals surface area contributed by atoms with E-state index in [1.165, 1.54) is 67.6 Å². The average molecular weight is 484 g/mol. The first kappa shape index (κ1) is 25.4. The van der Waals surface area contributed by atoms with Gasteiger partial charge in [-0.2, -0.15) is 0 Å². The number of rotatable bonds is 7. The summed E-state index contributed by atoms with van der Waals surface area (Å²) >= 11 is 0. The second kappa shape index (κ2) is 11.3. The fraction of sp³-hybridized carbons (Fsp3) is 0.111. The molecule has 180 valence electrons. The van der Waals surface area contributed by atoms with E-state index in [4.69, 9.17) is 9.47 Å². The quantitative estimate of drug-likeness (QED) is 0.120. The van der Waals surface area contributed by atoms with Gasteiger partial charge in [0.05, 0.1) is 5.83 Å². The third-order valence-electron chi connectivity index (χ3n) is 4.78. The zero-order valence-corrected chi connectivity index (χ0v) is 18.8. The van der Waals surface area contributed by atoms with Crippen LogP contribution in [0.1, 0.15) is 25.8 Å². The Bertz CT molecular complexity index is 1310. The molecule has 0 spiro atoms. The van der Waals surface area contributed by atoms with Crippen LogP contribution >= 0.6 is 0 Å². The van der Waals surface area contributed by atoms with Crippen LogP contribution in [0.15, 0.2) is 78.6 Å². The highest BCUT2D eigenvalue weighted by Crippen LogP contribution is 2.27. The minimum absolute atomic E-state index is 0.135. The SMILES string of the molecule is CC(F)=CC=C(C)c1ccc(OC(=O)CC(=O)Oc2ccc(-c3ccc(F)cc3)c(F)c2)cc1F. The largest absolute Gasteiger partial charge is 0.426 e. The summed E-state index contributed by atoms with van der Waals surface area (Å²) in [5.74, 6) is -4.59. The molecule has 0 radical (unpaired) electrons. The molecule has 3 rings (SSSR count). The number of halogens is 4. The lowest BCUT2D eigenvalue weighted by atomic mass is 10.1. The maximum atomic E-state index is 14.4. The molecule has 0 unspecified atom stereocenters. The van der Waals surface area contributed by atoms with Gasteiger partial charge in [0.15, 0.2) is 0 Å². The van der Waals surface area contributed by atoms with Gasteiger partial charge in [0, 0.05) is 23.3 Å².